The average molecular weight is 315 g/mol. The van der Waals surface area contributed by atoms with E-state index in [2.05, 4.69) is 10.8 Å². The topological polar surface area (TPSA) is 46.2 Å². The van der Waals surface area contributed by atoms with Gasteiger partial charge in [0.15, 0.2) is 0 Å². The van der Waals surface area contributed by atoms with Crippen LogP contribution in [0, 0.1) is 6.92 Å². The van der Waals surface area contributed by atoms with Crippen LogP contribution in [0.25, 0.3) is 0 Å². The van der Waals surface area contributed by atoms with Crippen LogP contribution in [-0.2, 0) is 22.2 Å². The summed E-state index contributed by atoms with van der Waals surface area (Å²) in [4.78, 5) is 0. The van der Waals surface area contributed by atoms with Crippen molar-refractivity contribution in [1.82, 2.24) is 4.72 Å². The molecule has 0 heterocycles. The highest BCUT2D eigenvalue weighted by atomic mass is 32.2. The van der Waals surface area contributed by atoms with Gasteiger partial charge in [-0.1, -0.05) is 54.1 Å². The average Bonchev–Trinajstić information content (AvgIpc) is 2.47. The van der Waals surface area contributed by atoms with Crippen molar-refractivity contribution < 1.29 is 8.42 Å². The van der Waals surface area contributed by atoms with Crippen LogP contribution in [0.2, 0.25) is 0 Å². The smallest absolute Gasteiger partial charge is 0.212 e. The van der Waals surface area contributed by atoms with Crippen molar-refractivity contribution in [2.45, 2.75) is 38.0 Å². The maximum Gasteiger partial charge on any atom is 0.216 e. The Kier molecular flexibility index (Phi) is 4.32. The first-order valence-electron chi connectivity index (χ1n) is 7.67. The van der Waals surface area contributed by atoms with Gasteiger partial charge >= 0.3 is 0 Å². The van der Waals surface area contributed by atoms with Gasteiger partial charge in [0.25, 0.3) is 0 Å². The predicted octanol–water partition coefficient (Wildman–Crippen LogP) is 3.49. The van der Waals surface area contributed by atoms with E-state index in [4.69, 9.17) is 0 Å². The molecule has 0 spiro atoms. The summed E-state index contributed by atoms with van der Waals surface area (Å²) in [6, 6.07) is 15.7. The Balaban J connectivity index is 1.78. The zero-order chi connectivity index (χ0) is 15.6. The molecule has 0 fully saturated rings. The van der Waals surface area contributed by atoms with Crippen LogP contribution in [0.15, 0.2) is 48.5 Å². The Hall–Kier alpha value is -1.65. The number of nitrogens with one attached hydrogen (secondary N) is 1. The molecule has 2 aromatic rings. The van der Waals surface area contributed by atoms with Crippen molar-refractivity contribution in [2.75, 3.05) is 0 Å². The second-order valence-corrected chi connectivity index (χ2v) is 7.76. The van der Waals surface area contributed by atoms with E-state index in [9.17, 15) is 8.42 Å². The van der Waals surface area contributed by atoms with E-state index in [1.54, 1.807) is 0 Å². The maximum absolute atomic E-state index is 12.5. The molecular weight excluding hydrogens is 294 g/mol. The number of benzene rings is 2. The lowest BCUT2D eigenvalue weighted by molar-refractivity contribution is 0.507. The molecule has 0 aliphatic heterocycles. The number of hydrogen-bond acceptors (Lipinski definition) is 2. The number of hydrogen-bond donors (Lipinski definition) is 1. The summed E-state index contributed by atoms with van der Waals surface area (Å²) in [5.74, 6) is 0.0351. The van der Waals surface area contributed by atoms with Crippen molar-refractivity contribution in [3.8, 4) is 0 Å². The van der Waals surface area contributed by atoms with E-state index >= 15 is 0 Å². The fraction of sp³-hybridized carbons (Fsp3) is 0.333. The Labute approximate surface area is 132 Å². The maximum atomic E-state index is 12.5. The van der Waals surface area contributed by atoms with E-state index < -0.39 is 10.0 Å². The molecule has 116 valence electrons. The molecule has 3 nitrogen and oxygen atoms in total. The van der Waals surface area contributed by atoms with Crippen LogP contribution in [0.1, 0.15) is 41.1 Å². The third kappa shape index (κ3) is 3.57. The van der Waals surface area contributed by atoms with E-state index in [0.717, 1.165) is 36.0 Å². The zero-order valence-electron chi connectivity index (χ0n) is 12.7. The number of fused-ring (bicyclic) bond motifs is 1. The van der Waals surface area contributed by atoms with Gasteiger partial charge in [0.2, 0.25) is 10.0 Å². The van der Waals surface area contributed by atoms with E-state index in [1.807, 2.05) is 49.4 Å². The van der Waals surface area contributed by atoms with Crippen molar-refractivity contribution in [2.24, 2.45) is 0 Å². The van der Waals surface area contributed by atoms with Crippen LogP contribution in [0.3, 0.4) is 0 Å². The lowest BCUT2D eigenvalue weighted by Crippen LogP contribution is -2.32. The molecule has 1 aliphatic rings. The van der Waals surface area contributed by atoms with Crippen LogP contribution in [0.4, 0.5) is 0 Å². The van der Waals surface area contributed by atoms with Crippen molar-refractivity contribution >= 4 is 10.0 Å². The molecule has 1 aliphatic carbocycles. The summed E-state index contributed by atoms with van der Waals surface area (Å²) in [6.45, 7) is 1.97. The zero-order valence-corrected chi connectivity index (χ0v) is 13.6. The second kappa shape index (κ2) is 6.23. The fourth-order valence-electron chi connectivity index (χ4n) is 3.16. The lowest BCUT2D eigenvalue weighted by atomic mass is 9.88. The molecule has 0 aromatic heterocycles. The fourth-order valence-corrected chi connectivity index (χ4v) is 4.54. The molecule has 0 amide bonds. The highest BCUT2D eigenvalue weighted by molar-refractivity contribution is 7.88. The van der Waals surface area contributed by atoms with Gasteiger partial charge in [-0.05, 0) is 42.9 Å². The first kappa shape index (κ1) is 15.3. The molecule has 2 aromatic carbocycles. The molecule has 0 saturated carbocycles. The van der Waals surface area contributed by atoms with Gasteiger partial charge in [0, 0.05) is 6.04 Å². The number of aryl methyl sites for hydroxylation is 2. The van der Waals surface area contributed by atoms with Gasteiger partial charge in [-0.25, -0.2) is 13.1 Å². The first-order chi connectivity index (χ1) is 10.5. The van der Waals surface area contributed by atoms with E-state index in [1.165, 1.54) is 5.56 Å². The number of sulfonamides is 1. The Morgan fingerprint density at radius 2 is 1.95 bits per heavy atom. The molecule has 1 atom stereocenters. The third-order valence-corrected chi connectivity index (χ3v) is 5.49. The molecule has 1 N–H and O–H groups in total. The predicted molar refractivity (Wildman–Crippen MR) is 89.1 cm³/mol. The first-order valence-corrected chi connectivity index (χ1v) is 9.32. The van der Waals surface area contributed by atoms with E-state index in [-0.39, 0.29) is 11.8 Å². The standard InChI is InChI=1S/C18H21NO2S/c1-14-6-4-7-15(12-14)13-22(20,21)19-18-11-5-9-16-8-2-3-10-17(16)18/h2-4,6-8,10,12,18-19H,5,9,11,13H2,1H3/t18-/m0/s1. The SMILES string of the molecule is Cc1cccc(CS(=O)(=O)N[C@H]2CCCc3ccccc32)c1. The molecular formula is C18H21NO2S. The molecule has 0 bridgehead atoms. The van der Waals surface area contributed by atoms with E-state index in [0.29, 0.717) is 0 Å². The summed E-state index contributed by atoms with van der Waals surface area (Å²) in [5, 5.41) is 0. The Bertz CT molecular complexity index is 768. The summed E-state index contributed by atoms with van der Waals surface area (Å²) in [6.07, 6.45) is 2.92. The van der Waals surface area contributed by atoms with Crippen LogP contribution in [-0.4, -0.2) is 8.42 Å². The normalized spacial score (nSPS) is 18.0. The van der Waals surface area contributed by atoms with Gasteiger partial charge in [0.05, 0.1) is 5.75 Å². The largest absolute Gasteiger partial charge is 0.216 e. The van der Waals surface area contributed by atoms with Crippen molar-refractivity contribution in [1.29, 1.82) is 0 Å². The molecule has 0 saturated heterocycles. The summed E-state index contributed by atoms with van der Waals surface area (Å²) >= 11 is 0. The molecule has 0 unspecified atom stereocenters. The highest BCUT2D eigenvalue weighted by Gasteiger charge is 2.24. The van der Waals surface area contributed by atoms with Crippen molar-refractivity contribution in [3.63, 3.8) is 0 Å². The monoisotopic (exact) mass is 315 g/mol. The second-order valence-electron chi connectivity index (χ2n) is 6.01. The quantitative estimate of drug-likeness (QED) is 0.938. The van der Waals surface area contributed by atoms with Gasteiger partial charge in [0.1, 0.15) is 0 Å². The van der Waals surface area contributed by atoms with Crippen LogP contribution < -0.4 is 4.72 Å². The minimum Gasteiger partial charge on any atom is -0.212 e. The minimum absolute atomic E-state index is 0.0351. The minimum atomic E-state index is -3.34. The molecule has 22 heavy (non-hydrogen) atoms. The number of rotatable bonds is 4. The highest BCUT2D eigenvalue weighted by Crippen LogP contribution is 2.30. The third-order valence-electron chi connectivity index (χ3n) is 4.13. The summed E-state index contributed by atoms with van der Waals surface area (Å²) in [5.41, 5.74) is 4.30. The van der Waals surface area contributed by atoms with Gasteiger partial charge < -0.3 is 0 Å². The summed E-state index contributed by atoms with van der Waals surface area (Å²) in [7, 11) is -3.34. The molecule has 0 radical (unpaired) electrons. The van der Waals surface area contributed by atoms with Crippen LogP contribution in [0.5, 0.6) is 0 Å². The molecule has 4 heteroatoms. The Morgan fingerprint density at radius 3 is 2.77 bits per heavy atom. The molecule has 3 rings (SSSR count). The Morgan fingerprint density at radius 1 is 1.14 bits per heavy atom. The van der Waals surface area contributed by atoms with Gasteiger partial charge in [-0.15, -0.1) is 0 Å². The van der Waals surface area contributed by atoms with Gasteiger partial charge in [-0.2, -0.15) is 0 Å². The van der Waals surface area contributed by atoms with Crippen LogP contribution >= 0.6 is 0 Å². The van der Waals surface area contributed by atoms with Crippen molar-refractivity contribution in [3.05, 3.63) is 70.8 Å². The lowest BCUT2D eigenvalue weighted by Gasteiger charge is -2.26. The summed E-state index contributed by atoms with van der Waals surface area (Å²) < 4.78 is 27.8. The van der Waals surface area contributed by atoms with Gasteiger partial charge in [-0.3, -0.25) is 0 Å².